The quantitative estimate of drug-likeness (QED) is 0.355. The SMILES string of the molecule is Nc1ccc(C=Cc2cc(-c3csc(C=Cc4ccc(N)cc4)c3)cs2)cc1. The summed E-state index contributed by atoms with van der Waals surface area (Å²) in [5.41, 5.74) is 17.8. The van der Waals surface area contributed by atoms with E-state index in [1.54, 1.807) is 22.7 Å². The Labute approximate surface area is 173 Å². The minimum Gasteiger partial charge on any atom is -0.399 e. The van der Waals surface area contributed by atoms with Crippen molar-refractivity contribution in [1.82, 2.24) is 0 Å². The Morgan fingerprint density at radius 2 is 0.929 bits per heavy atom. The van der Waals surface area contributed by atoms with Gasteiger partial charge < -0.3 is 11.5 Å². The third kappa shape index (κ3) is 4.60. The predicted octanol–water partition coefficient (Wildman–Crippen LogP) is 6.98. The number of rotatable bonds is 5. The van der Waals surface area contributed by atoms with Gasteiger partial charge in [-0.2, -0.15) is 0 Å². The highest BCUT2D eigenvalue weighted by atomic mass is 32.1. The van der Waals surface area contributed by atoms with Crippen molar-refractivity contribution in [3.8, 4) is 11.1 Å². The molecule has 4 rings (SSSR count). The Morgan fingerprint density at radius 1 is 0.536 bits per heavy atom. The highest BCUT2D eigenvalue weighted by molar-refractivity contribution is 7.12. The number of hydrogen-bond donors (Lipinski definition) is 2. The molecule has 0 radical (unpaired) electrons. The molecule has 0 aliphatic carbocycles. The number of anilines is 2. The molecule has 2 aromatic heterocycles. The Bertz CT molecular complexity index is 1020. The monoisotopic (exact) mass is 400 g/mol. The molecule has 0 saturated heterocycles. The first kappa shape index (κ1) is 18.3. The number of hydrogen-bond acceptors (Lipinski definition) is 4. The second-order valence-corrected chi connectivity index (χ2v) is 8.36. The Morgan fingerprint density at radius 3 is 1.32 bits per heavy atom. The zero-order valence-electron chi connectivity index (χ0n) is 15.2. The van der Waals surface area contributed by atoms with Crippen LogP contribution in [-0.4, -0.2) is 0 Å². The second-order valence-electron chi connectivity index (χ2n) is 6.48. The van der Waals surface area contributed by atoms with Crippen molar-refractivity contribution < 1.29 is 0 Å². The molecule has 0 saturated carbocycles. The second kappa shape index (κ2) is 8.30. The maximum Gasteiger partial charge on any atom is 0.0314 e. The van der Waals surface area contributed by atoms with Crippen molar-refractivity contribution in [2.45, 2.75) is 0 Å². The molecule has 4 aromatic rings. The highest BCUT2D eigenvalue weighted by Gasteiger charge is 2.03. The van der Waals surface area contributed by atoms with Crippen LogP contribution in [0, 0.1) is 0 Å². The van der Waals surface area contributed by atoms with Gasteiger partial charge in [0.2, 0.25) is 0 Å². The minimum atomic E-state index is 0.786. The molecule has 0 bridgehead atoms. The summed E-state index contributed by atoms with van der Waals surface area (Å²) in [5, 5.41) is 4.41. The van der Waals surface area contributed by atoms with Crippen LogP contribution in [0.1, 0.15) is 20.9 Å². The van der Waals surface area contributed by atoms with E-state index in [0.29, 0.717) is 0 Å². The average molecular weight is 401 g/mol. The van der Waals surface area contributed by atoms with Crippen molar-refractivity contribution in [2.75, 3.05) is 11.5 Å². The van der Waals surface area contributed by atoms with E-state index in [0.717, 1.165) is 22.5 Å². The Kier molecular flexibility index (Phi) is 5.42. The number of thiophene rings is 2. The van der Waals surface area contributed by atoms with Crippen LogP contribution >= 0.6 is 22.7 Å². The fourth-order valence-electron chi connectivity index (χ4n) is 2.75. The molecule has 2 aromatic carbocycles. The van der Waals surface area contributed by atoms with Crippen LogP contribution in [-0.2, 0) is 0 Å². The summed E-state index contributed by atoms with van der Waals surface area (Å²) in [7, 11) is 0. The van der Waals surface area contributed by atoms with Crippen LogP contribution in [0.3, 0.4) is 0 Å². The van der Waals surface area contributed by atoms with Crippen LogP contribution in [0.2, 0.25) is 0 Å². The fourth-order valence-corrected chi connectivity index (χ4v) is 4.37. The highest BCUT2D eigenvalue weighted by Crippen LogP contribution is 2.31. The topological polar surface area (TPSA) is 52.0 Å². The van der Waals surface area contributed by atoms with Gasteiger partial charge in [0, 0.05) is 21.1 Å². The molecular weight excluding hydrogens is 380 g/mol. The lowest BCUT2D eigenvalue weighted by molar-refractivity contribution is 1.65. The van der Waals surface area contributed by atoms with Gasteiger partial charge in [-0.1, -0.05) is 36.4 Å². The third-order valence-corrected chi connectivity index (χ3v) is 6.12. The fraction of sp³-hybridized carbons (Fsp3) is 0. The molecule has 4 heteroatoms. The predicted molar refractivity (Wildman–Crippen MR) is 127 cm³/mol. The standard InChI is InChI=1S/C24H20N2S2/c25-21-7-1-17(2-8-21)5-11-23-13-19(15-27-23)20-14-24(28-16-20)12-6-18-3-9-22(26)10-4-18/h1-16H,25-26H2. The van der Waals surface area contributed by atoms with Crippen LogP contribution in [0.4, 0.5) is 11.4 Å². The van der Waals surface area contributed by atoms with Crippen molar-refractivity contribution in [3.63, 3.8) is 0 Å². The van der Waals surface area contributed by atoms with E-state index in [9.17, 15) is 0 Å². The van der Waals surface area contributed by atoms with Crippen LogP contribution in [0.15, 0.2) is 71.4 Å². The maximum atomic E-state index is 5.73. The lowest BCUT2D eigenvalue weighted by Gasteiger charge is -1.94. The van der Waals surface area contributed by atoms with Gasteiger partial charge in [-0.15, -0.1) is 22.7 Å². The Balaban J connectivity index is 1.45. The molecule has 0 spiro atoms. The van der Waals surface area contributed by atoms with E-state index in [-0.39, 0.29) is 0 Å². The molecule has 4 N–H and O–H groups in total. The zero-order valence-corrected chi connectivity index (χ0v) is 16.8. The molecule has 0 fully saturated rings. The molecule has 0 aliphatic rings. The smallest absolute Gasteiger partial charge is 0.0314 e. The summed E-state index contributed by atoms with van der Waals surface area (Å²) in [5.74, 6) is 0. The number of nitrogens with two attached hydrogens (primary N) is 2. The third-order valence-electron chi connectivity index (χ3n) is 4.33. The summed E-state index contributed by atoms with van der Waals surface area (Å²) in [6, 6.07) is 20.3. The molecule has 138 valence electrons. The first-order valence-electron chi connectivity index (χ1n) is 8.90. The van der Waals surface area contributed by atoms with Gasteiger partial charge in [-0.05, 0) is 81.6 Å². The van der Waals surface area contributed by atoms with Crippen molar-refractivity contribution in [2.24, 2.45) is 0 Å². The molecule has 0 atom stereocenters. The van der Waals surface area contributed by atoms with Gasteiger partial charge in [-0.3, -0.25) is 0 Å². The van der Waals surface area contributed by atoms with Gasteiger partial charge in [0.1, 0.15) is 0 Å². The van der Waals surface area contributed by atoms with E-state index >= 15 is 0 Å². The van der Waals surface area contributed by atoms with Crippen LogP contribution in [0.25, 0.3) is 35.4 Å². The summed E-state index contributed by atoms with van der Waals surface area (Å²) in [6.45, 7) is 0. The molecule has 2 nitrogen and oxygen atoms in total. The number of nitrogen functional groups attached to an aromatic ring is 2. The largest absolute Gasteiger partial charge is 0.399 e. The zero-order chi connectivity index (χ0) is 19.3. The van der Waals surface area contributed by atoms with E-state index in [1.807, 2.05) is 48.5 Å². The lowest BCUT2D eigenvalue weighted by atomic mass is 10.1. The van der Waals surface area contributed by atoms with Crippen molar-refractivity contribution in [3.05, 3.63) is 92.3 Å². The molecular formula is C24H20N2S2. The minimum absolute atomic E-state index is 0.786. The summed E-state index contributed by atoms with van der Waals surface area (Å²) in [6.07, 6.45) is 8.52. The van der Waals surface area contributed by atoms with Gasteiger partial charge in [0.05, 0.1) is 0 Å². The normalized spacial score (nSPS) is 11.6. The van der Waals surface area contributed by atoms with Gasteiger partial charge in [0.25, 0.3) is 0 Å². The molecule has 0 amide bonds. The summed E-state index contributed by atoms with van der Waals surface area (Å²) >= 11 is 3.50. The number of benzene rings is 2. The average Bonchev–Trinajstić information content (AvgIpc) is 3.36. The maximum absolute atomic E-state index is 5.73. The first-order chi connectivity index (χ1) is 13.7. The van der Waals surface area contributed by atoms with Crippen molar-refractivity contribution >= 4 is 58.4 Å². The van der Waals surface area contributed by atoms with Crippen LogP contribution < -0.4 is 11.5 Å². The van der Waals surface area contributed by atoms with E-state index < -0.39 is 0 Å². The molecule has 0 unspecified atom stereocenters. The van der Waals surface area contributed by atoms with E-state index in [1.165, 1.54) is 20.9 Å². The van der Waals surface area contributed by atoms with E-state index in [2.05, 4.69) is 47.2 Å². The van der Waals surface area contributed by atoms with Gasteiger partial charge in [-0.25, -0.2) is 0 Å². The van der Waals surface area contributed by atoms with Gasteiger partial charge in [0.15, 0.2) is 0 Å². The summed E-state index contributed by atoms with van der Waals surface area (Å²) in [4.78, 5) is 2.47. The molecule has 2 heterocycles. The van der Waals surface area contributed by atoms with Crippen molar-refractivity contribution in [1.29, 1.82) is 0 Å². The lowest BCUT2D eigenvalue weighted by Crippen LogP contribution is -1.82. The van der Waals surface area contributed by atoms with Gasteiger partial charge >= 0.3 is 0 Å². The first-order valence-corrected chi connectivity index (χ1v) is 10.7. The van der Waals surface area contributed by atoms with Crippen LogP contribution in [0.5, 0.6) is 0 Å². The Hall–Kier alpha value is -3.08. The summed E-state index contributed by atoms with van der Waals surface area (Å²) < 4.78 is 0. The van der Waals surface area contributed by atoms with E-state index in [4.69, 9.17) is 11.5 Å². The molecule has 0 aliphatic heterocycles. The molecule has 28 heavy (non-hydrogen) atoms.